The predicted octanol–water partition coefficient (Wildman–Crippen LogP) is 3.41. The Morgan fingerprint density at radius 1 is 0.760 bits per heavy atom. The van der Waals surface area contributed by atoms with Gasteiger partial charge in [-0.15, -0.1) is 0 Å². The minimum Gasteiger partial charge on any atom is -0.483 e. The maximum atomic E-state index is 12.2. The average molecular weight is 338 g/mol. The maximum Gasteiger partial charge on any atom is 0.343 e. The summed E-state index contributed by atoms with van der Waals surface area (Å²) in [5, 5.41) is 0. The summed E-state index contributed by atoms with van der Waals surface area (Å²) in [4.78, 5) is 12.2. The van der Waals surface area contributed by atoms with Crippen molar-refractivity contribution < 1.29 is 28.5 Å². The second-order valence-corrected chi connectivity index (χ2v) is 5.37. The van der Waals surface area contributed by atoms with Crippen LogP contribution >= 0.6 is 0 Å². The van der Waals surface area contributed by atoms with Crippen LogP contribution in [-0.2, 0) is 9.47 Å². The molecule has 0 spiro atoms. The van der Waals surface area contributed by atoms with Gasteiger partial charge in [0, 0.05) is 0 Å². The van der Waals surface area contributed by atoms with E-state index >= 15 is 0 Å². The first-order valence-corrected chi connectivity index (χ1v) is 7.65. The fourth-order valence-corrected chi connectivity index (χ4v) is 1.91. The fourth-order valence-electron chi connectivity index (χ4n) is 1.91. The van der Waals surface area contributed by atoms with E-state index in [-0.39, 0.29) is 0 Å². The lowest BCUT2D eigenvalue weighted by molar-refractivity contribution is 0.0734. The standard InChI is InChI=1S/C19H14O6/c20-19(13-1-3-14(4-2-13)21-9-17-11-23-17)25-16-7-5-15(6-8-16)22-10-18-12-24-18/h1-10H,11-12H2. The van der Waals surface area contributed by atoms with Gasteiger partial charge in [0.15, 0.2) is 11.5 Å². The number of hydrogen-bond donors (Lipinski definition) is 0. The van der Waals surface area contributed by atoms with Crippen molar-refractivity contribution in [2.45, 2.75) is 0 Å². The van der Waals surface area contributed by atoms with Gasteiger partial charge in [0.25, 0.3) is 0 Å². The van der Waals surface area contributed by atoms with E-state index < -0.39 is 5.97 Å². The number of benzene rings is 2. The predicted molar refractivity (Wildman–Crippen MR) is 87.2 cm³/mol. The van der Waals surface area contributed by atoms with Gasteiger partial charge in [0.05, 0.1) is 5.56 Å². The molecular weight excluding hydrogens is 324 g/mol. The Hall–Kier alpha value is -3.41. The van der Waals surface area contributed by atoms with Gasteiger partial charge in [-0.1, -0.05) is 0 Å². The molecule has 2 aliphatic rings. The van der Waals surface area contributed by atoms with Gasteiger partial charge < -0.3 is 23.7 Å². The van der Waals surface area contributed by atoms with Crippen molar-refractivity contribution in [1.82, 2.24) is 0 Å². The molecule has 6 heteroatoms. The minimum absolute atomic E-state index is 0.429. The van der Waals surface area contributed by atoms with Crippen LogP contribution in [0.3, 0.4) is 0 Å². The number of hydrogen-bond acceptors (Lipinski definition) is 6. The monoisotopic (exact) mass is 338 g/mol. The molecule has 0 amide bonds. The highest BCUT2D eigenvalue weighted by Crippen LogP contribution is 2.22. The van der Waals surface area contributed by atoms with Gasteiger partial charge in [-0.05, 0) is 48.5 Å². The number of epoxide rings is 2. The van der Waals surface area contributed by atoms with E-state index in [0.717, 1.165) is 11.5 Å². The highest BCUT2D eigenvalue weighted by molar-refractivity contribution is 5.91. The van der Waals surface area contributed by atoms with Crippen molar-refractivity contribution in [1.29, 1.82) is 0 Å². The molecule has 0 saturated carbocycles. The summed E-state index contributed by atoms with van der Waals surface area (Å²) in [6.07, 6.45) is 3.10. The Bertz CT molecular complexity index is 821. The number of ether oxygens (including phenoxy) is 5. The molecule has 2 aromatic rings. The molecule has 2 fully saturated rings. The van der Waals surface area contributed by atoms with Gasteiger partial charge in [-0.3, -0.25) is 0 Å². The zero-order valence-corrected chi connectivity index (χ0v) is 13.1. The van der Waals surface area contributed by atoms with Crippen molar-refractivity contribution in [3.63, 3.8) is 0 Å². The topological polar surface area (TPSA) is 69.8 Å². The molecule has 0 aromatic heterocycles. The summed E-state index contributed by atoms with van der Waals surface area (Å²) in [5.41, 5.74) is 0.429. The molecule has 0 aliphatic carbocycles. The van der Waals surface area contributed by atoms with Crippen LogP contribution in [0.25, 0.3) is 0 Å². The highest BCUT2D eigenvalue weighted by Gasteiger charge is 2.14. The second kappa shape index (κ2) is 6.60. The first-order valence-electron chi connectivity index (χ1n) is 7.65. The first kappa shape index (κ1) is 15.1. The van der Waals surface area contributed by atoms with Crippen LogP contribution in [-0.4, -0.2) is 19.2 Å². The summed E-state index contributed by atoms with van der Waals surface area (Å²) < 4.78 is 26.0. The molecule has 25 heavy (non-hydrogen) atoms. The van der Waals surface area contributed by atoms with Gasteiger partial charge >= 0.3 is 5.97 Å². The van der Waals surface area contributed by atoms with Gasteiger partial charge in [0.1, 0.15) is 43.0 Å². The van der Waals surface area contributed by atoms with E-state index in [1.807, 2.05) is 0 Å². The van der Waals surface area contributed by atoms with Crippen molar-refractivity contribution >= 4 is 5.97 Å². The molecule has 0 N–H and O–H groups in total. The van der Waals surface area contributed by atoms with Crippen molar-refractivity contribution in [3.05, 3.63) is 78.1 Å². The summed E-state index contributed by atoms with van der Waals surface area (Å²) >= 11 is 0. The van der Waals surface area contributed by atoms with Crippen LogP contribution in [0, 0.1) is 0 Å². The number of esters is 1. The molecule has 4 rings (SSSR count). The molecule has 2 heterocycles. The van der Waals surface area contributed by atoms with Crippen LogP contribution < -0.4 is 14.2 Å². The van der Waals surface area contributed by atoms with Crippen LogP contribution in [0.4, 0.5) is 0 Å². The van der Waals surface area contributed by atoms with E-state index in [1.165, 1.54) is 0 Å². The molecule has 0 radical (unpaired) electrons. The van der Waals surface area contributed by atoms with Crippen LogP contribution in [0.1, 0.15) is 10.4 Å². The first-order chi connectivity index (χ1) is 12.3. The summed E-state index contributed by atoms with van der Waals surface area (Å²) in [6.45, 7) is 1.23. The molecule has 6 nitrogen and oxygen atoms in total. The van der Waals surface area contributed by atoms with E-state index in [0.29, 0.717) is 36.0 Å². The van der Waals surface area contributed by atoms with Crippen LogP contribution in [0.15, 0.2) is 72.6 Å². The van der Waals surface area contributed by atoms with Crippen LogP contribution in [0.2, 0.25) is 0 Å². The maximum absolute atomic E-state index is 12.2. The lowest BCUT2D eigenvalue weighted by Gasteiger charge is -2.06. The Labute approximate surface area is 143 Å². The summed E-state index contributed by atoms with van der Waals surface area (Å²) in [6, 6.07) is 13.4. The van der Waals surface area contributed by atoms with Crippen molar-refractivity contribution in [2.24, 2.45) is 0 Å². The molecule has 2 aliphatic heterocycles. The Kier molecular flexibility index (Phi) is 4.00. The third-order valence-corrected chi connectivity index (χ3v) is 3.40. The largest absolute Gasteiger partial charge is 0.483 e. The number of rotatable bonds is 6. The highest BCUT2D eigenvalue weighted by atomic mass is 16.6. The van der Waals surface area contributed by atoms with Gasteiger partial charge in [0.2, 0.25) is 0 Å². The quantitative estimate of drug-likeness (QED) is 0.348. The number of carbonyl (C=O) groups is 1. The SMILES string of the molecule is O=C(Oc1ccc(OC=C2CO2)cc1)c1ccc(OC=C2CO2)cc1. The lowest BCUT2D eigenvalue weighted by Crippen LogP contribution is -2.08. The molecule has 2 aromatic carbocycles. The van der Waals surface area contributed by atoms with E-state index in [9.17, 15) is 4.79 Å². The Morgan fingerprint density at radius 3 is 1.68 bits per heavy atom. The van der Waals surface area contributed by atoms with Crippen molar-refractivity contribution in [3.8, 4) is 17.2 Å². The Morgan fingerprint density at radius 2 is 1.20 bits per heavy atom. The average Bonchev–Trinajstić information content (AvgIpc) is 3.55. The molecule has 0 atom stereocenters. The van der Waals surface area contributed by atoms with E-state index in [1.54, 1.807) is 61.1 Å². The molecule has 0 unspecified atom stereocenters. The normalized spacial score (nSPS) is 17.4. The number of carbonyl (C=O) groups excluding carboxylic acids is 1. The zero-order valence-electron chi connectivity index (χ0n) is 13.1. The fraction of sp³-hybridized carbons (Fsp3) is 0.105. The zero-order chi connectivity index (χ0) is 17.1. The molecule has 126 valence electrons. The van der Waals surface area contributed by atoms with Crippen LogP contribution in [0.5, 0.6) is 17.2 Å². The third-order valence-electron chi connectivity index (χ3n) is 3.40. The summed E-state index contributed by atoms with van der Waals surface area (Å²) in [7, 11) is 0. The second-order valence-electron chi connectivity index (χ2n) is 5.37. The Balaban J connectivity index is 1.34. The summed E-state index contributed by atoms with van der Waals surface area (Å²) in [5.74, 6) is 2.86. The third kappa shape index (κ3) is 4.32. The molecule has 2 saturated heterocycles. The van der Waals surface area contributed by atoms with Gasteiger partial charge in [-0.2, -0.15) is 0 Å². The smallest absolute Gasteiger partial charge is 0.343 e. The molecule has 0 bridgehead atoms. The molecular formula is C19H14O6. The minimum atomic E-state index is -0.447. The van der Waals surface area contributed by atoms with Gasteiger partial charge in [-0.25, -0.2) is 4.79 Å². The lowest BCUT2D eigenvalue weighted by atomic mass is 10.2. The van der Waals surface area contributed by atoms with E-state index in [4.69, 9.17) is 23.7 Å². The van der Waals surface area contributed by atoms with E-state index in [2.05, 4.69) is 0 Å². The van der Waals surface area contributed by atoms with Crippen molar-refractivity contribution in [2.75, 3.05) is 13.2 Å².